The van der Waals surface area contributed by atoms with Gasteiger partial charge in [-0.2, -0.15) is 0 Å². The molecule has 0 N–H and O–H groups in total. The zero-order valence-corrected chi connectivity index (χ0v) is 19.1. The molecule has 0 aliphatic carbocycles. The molecule has 1 saturated heterocycles. The fourth-order valence-corrected chi connectivity index (χ4v) is 4.84. The van der Waals surface area contributed by atoms with Crippen molar-refractivity contribution in [3.63, 3.8) is 0 Å². The smallest absolute Gasteiger partial charge is 0.119 e. The second kappa shape index (κ2) is 7.40. The van der Waals surface area contributed by atoms with E-state index in [-0.39, 0.29) is 5.41 Å². The normalized spacial score (nSPS) is 15.5. The molecule has 3 heterocycles. The molecular formula is C25H25BrN2O2. The third-order valence-electron chi connectivity index (χ3n) is 5.98. The van der Waals surface area contributed by atoms with Crippen LogP contribution < -0.4 is 4.74 Å². The van der Waals surface area contributed by atoms with Gasteiger partial charge in [0.2, 0.25) is 0 Å². The highest BCUT2D eigenvalue weighted by molar-refractivity contribution is 9.10. The molecule has 30 heavy (non-hydrogen) atoms. The van der Waals surface area contributed by atoms with Gasteiger partial charge in [-0.25, -0.2) is 0 Å². The van der Waals surface area contributed by atoms with Gasteiger partial charge in [0.05, 0.1) is 36.5 Å². The Morgan fingerprint density at radius 3 is 2.53 bits per heavy atom. The number of pyridine rings is 1. The summed E-state index contributed by atoms with van der Waals surface area (Å²) >= 11 is 3.73. The van der Waals surface area contributed by atoms with E-state index in [9.17, 15) is 0 Å². The molecule has 4 aromatic rings. The van der Waals surface area contributed by atoms with Crippen LogP contribution in [-0.4, -0.2) is 29.4 Å². The summed E-state index contributed by atoms with van der Waals surface area (Å²) < 4.78 is 14.8. The first kappa shape index (κ1) is 19.6. The van der Waals surface area contributed by atoms with Crippen molar-refractivity contribution in [1.29, 1.82) is 0 Å². The van der Waals surface area contributed by atoms with Crippen LogP contribution in [0, 0.1) is 12.3 Å². The number of aromatic nitrogens is 2. The molecule has 4 nitrogen and oxygen atoms in total. The summed E-state index contributed by atoms with van der Waals surface area (Å²) in [5.41, 5.74) is 6.05. The number of nitrogens with zero attached hydrogens (tertiary/aromatic N) is 2. The molecule has 5 heteroatoms. The van der Waals surface area contributed by atoms with Crippen molar-refractivity contribution in [3.05, 3.63) is 58.8 Å². The summed E-state index contributed by atoms with van der Waals surface area (Å²) in [7, 11) is 0. The highest BCUT2D eigenvalue weighted by Crippen LogP contribution is 2.39. The minimum Gasteiger partial charge on any atom is -0.493 e. The lowest BCUT2D eigenvalue weighted by molar-refractivity contribution is -0.120. The molecular weight excluding hydrogens is 440 g/mol. The maximum atomic E-state index is 6.02. The van der Waals surface area contributed by atoms with E-state index >= 15 is 0 Å². The second-order valence-corrected chi connectivity index (χ2v) is 9.42. The number of ether oxygens (including phenoxy) is 2. The first-order valence-electron chi connectivity index (χ1n) is 10.4. The molecule has 0 atom stereocenters. The molecule has 1 aliphatic heterocycles. The summed E-state index contributed by atoms with van der Waals surface area (Å²) in [6.07, 6.45) is 1.90. The van der Waals surface area contributed by atoms with Crippen LogP contribution in [-0.2, 0) is 11.3 Å². The van der Waals surface area contributed by atoms with Gasteiger partial charge in [0.25, 0.3) is 0 Å². The van der Waals surface area contributed by atoms with Crippen molar-refractivity contribution in [1.82, 2.24) is 9.55 Å². The lowest BCUT2D eigenvalue weighted by atomic mass is 9.90. The minimum absolute atomic E-state index is 0.142. The molecule has 0 saturated carbocycles. The van der Waals surface area contributed by atoms with E-state index in [0.717, 1.165) is 35.7 Å². The number of fused-ring (bicyclic) bond motifs is 3. The van der Waals surface area contributed by atoms with Crippen molar-refractivity contribution in [2.45, 2.75) is 27.3 Å². The Morgan fingerprint density at radius 2 is 1.87 bits per heavy atom. The Hall–Kier alpha value is -2.37. The van der Waals surface area contributed by atoms with Crippen LogP contribution in [0.1, 0.15) is 19.5 Å². The van der Waals surface area contributed by atoms with Gasteiger partial charge >= 0.3 is 0 Å². The lowest BCUT2D eigenvalue weighted by Gasteiger charge is -2.37. The third kappa shape index (κ3) is 3.21. The largest absolute Gasteiger partial charge is 0.493 e. The lowest BCUT2D eigenvalue weighted by Crippen LogP contribution is -2.44. The predicted molar refractivity (Wildman–Crippen MR) is 125 cm³/mol. The summed E-state index contributed by atoms with van der Waals surface area (Å²) in [5, 5.41) is 2.50. The number of halogens is 1. The summed E-state index contributed by atoms with van der Waals surface area (Å²) in [6.45, 7) is 9.60. The molecule has 0 bridgehead atoms. The topological polar surface area (TPSA) is 36.3 Å². The van der Waals surface area contributed by atoms with Crippen LogP contribution in [0.4, 0.5) is 0 Å². The highest BCUT2D eigenvalue weighted by Gasteiger charge is 2.34. The molecule has 0 radical (unpaired) electrons. The Bertz CT molecular complexity index is 1240. The SMILES string of the molecule is CCn1c2c(-c3ccc(OCC4(C)COC4)cc3)cc(Br)cc2c2ccnc(C)c21. The van der Waals surface area contributed by atoms with Crippen LogP contribution in [0.15, 0.2) is 53.1 Å². The van der Waals surface area contributed by atoms with Gasteiger partial charge in [0.15, 0.2) is 0 Å². The van der Waals surface area contributed by atoms with Crippen molar-refractivity contribution in [3.8, 4) is 16.9 Å². The third-order valence-corrected chi connectivity index (χ3v) is 6.44. The molecule has 2 aromatic carbocycles. The molecule has 1 fully saturated rings. The number of hydrogen-bond acceptors (Lipinski definition) is 3. The first-order valence-corrected chi connectivity index (χ1v) is 11.2. The van der Waals surface area contributed by atoms with Crippen LogP contribution in [0.5, 0.6) is 5.75 Å². The Morgan fingerprint density at radius 1 is 1.10 bits per heavy atom. The standard InChI is InChI=1S/C25H25BrN2O2/c1-4-28-23-16(2)27-10-9-20(23)22-12-18(26)11-21(24(22)28)17-5-7-19(8-6-17)30-15-25(3)13-29-14-25/h5-12H,4,13-15H2,1-3H3. The Labute approximate surface area is 184 Å². The zero-order chi connectivity index (χ0) is 20.9. The van der Waals surface area contributed by atoms with Gasteiger partial charge in [-0.3, -0.25) is 4.98 Å². The monoisotopic (exact) mass is 464 g/mol. The fraction of sp³-hybridized carbons (Fsp3) is 0.320. The minimum atomic E-state index is 0.142. The zero-order valence-electron chi connectivity index (χ0n) is 17.5. The summed E-state index contributed by atoms with van der Waals surface area (Å²) in [6, 6.07) is 15.0. The van der Waals surface area contributed by atoms with E-state index < -0.39 is 0 Å². The second-order valence-electron chi connectivity index (χ2n) is 8.50. The molecule has 0 unspecified atom stereocenters. The number of aryl methyl sites for hydroxylation is 2. The van der Waals surface area contributed by atoms with Crippen molar-refractivity contribution in [2.24, 2.45) is 5.41 Å². The Balaban J connectivity index is 1.60. The van der Waals surface area contributed by atoms with Gasteiger partial charge in [-0.15, -0.1) is 0 Å². The maximum absolute atomic E-state index is 6.02. The van der Waals surface area contributed by atoms with Gasteiger partial charge < -0.3 is 14.0 Å². The molecule has 5 rings (SSSR count). The van der Waals surface area contributed by atoms with E-state index in [0.29, 0.717) is 6.61 Å². The van der Waals surface area contributed by atoms with Crippen molar-refractivity contribution in [2.75, 3.05) is 19.8 Å². The summed E-state index contributed by atoms with van der Waals surface area (Å²) in [5.74, 6) is 0.897. The van der Waals surface area contributed by atoms with Crippen molar-refractivity contribution < 1.29 is 9.47 Å². The predicted octanol–water partition coefficient (Wildman–Crippen LogP) is 6.36. The molecule has 0 spiro atoms. The van der Waals surface area contributed by atoms with Crippen molar-refractivity contribution >= 4 is 37.7 Å². The maximum Gasteiger partial charge on any atom is 0.119 e. The molecule has 0 amide bonds. The van der Waals surface area contributed by atoms with E-state index in [4.69, 9.17) is 9.47 Å². The van der Waals surface area contributed by atoms with E-state index in [2.05, 4.69) is 88.7 Å². The molecule has 154 valence electrons. The van der Waals surface area contributed by atoms with Crippen LogP contribution >= 0.6 is 15.9 Å². The quantitative estimate of drug-likeness (QED) is 0.344. The number of benzene rings is 2. The summed E-state index contributed by atoms with van der Waals surface area (Å²) in [4.78, 5) is 4.54. The molecule has 2 aromatic heterocycles. The highest BCUT2D eigenvalue weighted by atomic mass is 79.9. The average Bonchev–Trinajstić information content (AvgIpc) is 3.05. The molecule has 1 aliphatic rings. The van der Waals surface area contributed by atoms with Gasteiger partial charge in [-0.1, -0.05) is 35.0 Å². The average molecular weight is 465 g/mol. The number of rotatable bonds is 5. The van der Waals surface area contributed by atoms with Crippen LogP contribution in [0.2, 0.25) is 0 Å². The Kier molecular flexibility index (Phi) is 4.83. The van der Waals surface area contributed by atoms with E-state index in [1.54, 1.807) is 0 Å². The van der Waals surface area contributed by atoms with E-state index in [1.807, 2.05) is 6.20 Å². The first-order chi connectivity index (χ1) is 14.5. The van der Waals surface area contributed by atoms with Crippen LogP contribution in [0.25, 0.3) is 32.9 Å². The van der Waals surface area contributed by atoms with Gasteiger partial charge in [0.1, 0.15) is 5.75 Å². The van der Waals surface area contributed by atoms with Gasteiger partial charge in [-0.05, 0) is 49.7 Å². The van der Waals surface area contributed by atoms with Crippen LogP contribution in [0.3, 0.4) is 0 Å². The van der Waals surface area contributed by atoms with Gasteiger partial charge in [0, 0.05) is 39.0 Å². The fourth-order valence-electron chi connectivity index (χ4n) is 4.38. The number of hydrogen-bond donors (Lipinski definition) is 0. The van der Waals surface area contributed by atoms with E-state index in [1.165, 1.54) is 32.9 Å².